The largest absolute Gasteiger partial charge is 0.455 e. The molecule has 1 N–H and O–H groups in total. The Hall–Kier alpha value is -2.93. The number of hydrogen-bond acceptors (Lipinski definition) is 5. The molecule has 0 bridgehead atoms. The van der Waals surface area contributed by atoms with Crippen molar-refractivity contribution < 1.29 is 19.1 Å². The standard InChI is InChI=1S/C20H20ClN3O4/c1-2-13-6-3-4-8-16(13)24-11-14(10-18(24)26)20(27)28-12-17(25)23-15-7-5-9-22-19(15)21/h3-9,14H,2,10-12H2,1H3,(H,23,25)/t14-/m1/s1. The molecule has 1 aliphatic heterocycles. The van der Waals surface area contributed by atoms with Crippen LogP contribution in [0.3, 0.4) is 0 Å². The van der Waals surface area contributed by atoms with E-state index in [1.54, 1.807) is 17.0 Å². The van der Waals surface area contributed by atoms with Crippen molar-refractivity contribution in [3.05, 3.63) is 53.3 Å². The van der Waals surface area contributed by atoms with Crippen LogP contribution in [0.1, 0.15) is 18.9 Å². The van der Waals surface area contributed by atoms with Crippen LogP contribution in [-0.4, -0.2) is 35.9 Å². The van der Waals surface area contributed by atoms with E-state index in [1.807, 2.05) is 31.2 Å². The van der Waals surface area contributed by atoms with E-state index in [1.165, 1.54) is 6.20 Å². The molecule has 0 saturated carbocycles. The van der Waals surface area contributed by atoms with Crippen molar-refractivity contribution in [2.24, 2.45) is 5.92 Å². The third-order valence-corrected chi connectivity index (χ3v) is 4.80. The van der Waals surface area contributed by atoms with Crippen LogP contribution in [0.4, 0.5) is 11.4 Å². The second-order valence-electron chi connectivity index (χ2n) is 6.39. The van der Waals surface area contributed by atoms with Crippen LogP contribution in [0.5, 0.6) is 0 Å². The van der Waals surface area contributed by atoms with E-state index in [9.17, 15) is 14.4 Å². The molecule has 28 heavy (non-hydrogen) atoms. The first-order valence-electron chi connectivity index (χ1n) is 8.95. The van der Waals surface area contributed by atoms with Gasteiger partial charge in [-0.2, -0.15) is 0 Å². The third kappa shape index (κ3) is 4.48. The molecule has 0 spiro atoms. The predicted octanol–water partition coefficient (Wildman–Crippen LogP) is 2.83. The van der Waals surface area contributed by atoms with Crippen LogP contribution < -0.4 is 10.2 Å². The van der Waals surface area contributed by atoms with Gasteiger partial charge in [0.15, 0.2) is 11.8 Å². The molecule has 0 radical (unpaired) electrons. The first kappa shape index (κ1) is 19.8. The number of hydrogen-bond donors (Lipinski definition) is 1. The minimum atomic E-state index is -0.604. The molecule has 1 aromatic heterocycles. The summed E-state index contributed by atoms with van der Waals surface area (Å²) in [5.74, 6) is -1.83. The molecule has 1 aliphatic rings. The van der Waals surface area contributed by atoms with Crippen LogP contribution in [-0.2, 0) is 25.5 Å². The van der Waals surface area contributed by atoms with Gasteiger partial charge in [-0.1, -0.05) is 36.7 Å². The number of rotatable bonds is 6. The monoisotopic (exact) mass is 401 g/mol. The van der Waals surface area contributed by atoms with Gasteiger partial charge in [0.2, 0.25) is 5.91 Å². The van der Waals surface area contributed by atoms with Crippen LogP contribution >= 0.6 is 11.6 Å². The number of pyridine rings is 1. The van der Waals surface area contributed by atoms with Gasteiger partial charge in [-0.15, -0.1) is 0 Å². The number of carbonyl (C=O) groups excluding carboxylic acids is 3. The van der Waals surface area contributed by atoms with Gasteiger partial charge in [0.1, 0.15) is 0 Å². The Labute approximate surface area is 167 Å². The Morgan fingerprint density at radius 2 is 2.07 bits per heavy atom. The number of benzene rings is 1. The lowest BCUT2D eigenvalue weighted by Crippen LogP contribution is -2.28. The molecule has 146 valence electrons. The number of anilines is 2. The fraction of sp³-hybridized carbons (Fsp3) is 0.300. The second kappa shape index (κ2) is 8.84. The summed E-state index contributed by atoms with van der Waals surface area (Å²) in [6.07, 6.45) is 2.34. The summed E-state index contributed by atoms with van der Waals surface area (Å²) in [6, 6.07) is 10.8. The Morgan fingerprint density at radius 1 is 1.29 bits per heavy atom. The highest BCUT2D eigenvalue weighted by Crippen LogP contribution is 2.29. The van der Waals surface area contributed by atoms with Gasteiger partial charge in [-0.25, -0.2) is 4.98 Å². The zero-order valence-electron chi connectivity index (χ0n) is 15.4. The van der Waals surface area contributed by atoms with Crippen molar-refractivity contribution in [2.45, 2.75) is 19.8 Å². The highest BCUT2D eigenvalue weighted by atomic mass is 35.5. The summed E-state index contributed by atoms with van der Waals surface area (Å²) >= 11 is 5.87. The van der Waals surface area contributed by atoms with Crippen molar-refractivity contribution >= 4 is 40.8 Å². The zero-order chi connectivity index (χ0) is 20.1. The summed E-state index contributed by atoms with van der Waals surface area (Å²) in [5, 5.41) is 2.67. The van der Waals surface area contributed by atoms with Gasteiger partial charge in [0.05, 0.1) is 11.6 Å². The fourth-order valence-corrected chi connectivity index (χ4v) is 3.26. The summed E-state index contributed by atoms with van der Waals surface area (Å²) < 4.78 is 5.10. The lowest BCUT2D eigenvalue weighted by atomic mass is 10.1. The Morgan fingerprint density at radius 3 is 2.82 bits per heavy atom. The zero-order valence-corrected chi connectivity index (χ0v) is 16.1. The van der Waals surface area contributed by atoms with Gasteiger partial charge in [-0.3, -0.25) is 14.4 Å². The number of esters is 1. The van der Waals surface area contributed by atoms with Crippen LogP contribution in [0.25, 0.3) is 0 Å². The summed E-state index contributed by atoms with van der Waals surface area (Å²) in [4.78, 5) is 42.1. The molecule has 3 rings (SSSR count). The summed E-state index contributed by atoms with van der Waals surface area (Å²) in [7, 11) is 0. The first-order valence-corrected chi connectivity index (χ1v) is 9.32. The molecule has 7 nitrogen and oxygen atoms in total. The second-order valence-corrected chi connectivity index (χ2v) is 6.74. The number of para-hydroxylation sites is 1. The van der Waals surface area contributed by atoms with Crippen LogP contribution in [0.15, 0.2) is 42.6 Å². The topological polar surface area (TPSA) is 88.6 Å². The highest BCUT2D eigenvalue weighted by Gasteiger charge is 2.37. The maximum atomic E-state index is 12.4. The SMILES string of the molecule is CCc1ccccc1N1C[C@H](C(=O)OCC(=O)Nc2cccnc2Cl)CC1=O. The smallest absolute Gasteiger partial charge is 0.311 e. The maximum absolute atomic E-state index is 12.4. The van der Waals surface area contributed by atoms with Gasteiger partial charge in [-0.05, 0) is 30.2 Å². The number of carbonyl (C=O) groups is 3. The Balaban J connectivity index is 1.56. The average Bonchev–Trinajstić information content (AvgIpc) is 3.09. The van der Waals surface area contributed by atoms with Crippen LogP contribution in [0.2, 0.25) is 5.15 Å². The molecule has 8 heteroatoms. The lowest BCUT2D eigenvalue weighted by molar-refractivity contribution is -0.151. The van der Waals surface area contributed by atoms with Crippen molar-refractivity contribution in [1.29, 1.82) is 0 Å². The summed E-state index contributed by atoms with van der Waals surface area (Å²) in [5.41, 5.74) is 2.19. The molecule has 1 aromatic carbocycles. The predicted molar refractivity (Wildman–Crippen MR) is 105 cm³/mol. The van der Waals surface area contributed by atoms with Crippen LogP contribution in [0, 0.1) is 5.92 Å². The molecule has 2 aromatic rings. The molecule has 2 amide bonds. The number of nitrogens with one attached hydrogen (secondary N) is 1. The molecule has 2 heterocycles. The number of aromatic nitrogens is 1. The fourth-order valence-electron chi connectivity index (χ4n) is 3.09. The first-order chi connectivity index (χ1) is 13.5. The van der Waals surface area contributed by atoms with E-state index in [-0.39, 0.29) is 24.0 Å². The molecule has 1 saturated heterocycles. The number of amides is 2. The molecular weight excluding hydrogens is 382 g/mol. The van der Waals surface area contributed by atoms with Crippen molar-refractivity contribution in [2.75, 3.05) is 23.4 Å². The molecule has 1 atom stereocenters. The van der Waals surface area contributed by atoms with Gasteiger partial charge in [0.25, 0.3) is 5.91 Å². The number of aryl methyl sites for hydroxylation is 1. The third-order valence-electron chi connectivity index (χ3n) is 4.50. The highest BCUT2D eigenvalue weighted by molar-refractivity contribution is 6.32. The molecule has 0 unspecified atom stereocenters. The molecule has 1 fully saturated rings. The molecule has 0 aliphatic carbocycles. The normalized spacial score (nSPS) is 16.1. The number of ether oxygens (including phenoxy) is 1. The maximum Gasteiger partial charge on any atom is 0.311 e. The number of nitrogens with zero attached hydrogens (tertiary/aromatic N) is 2. The minimum absolute atomic E-state index is 0.0624. The lowest BCUT2D eigenvalue weighted by Gasteiger charge is -2.19. The average molecular weight is 402 g/mol. The van der Waals surface area contributed by atoms with Gasteiger partial charge < -0.3 is 15.0 Å². The Bertz CT molecular complexity index is 903. The van der Waals surface area contributed by atoms with E-state index < -0.39 is 24.4 Å². The van der Waals surface area contributed by atoms with E-state index in [2.05, 4.69) is 10.3 Å². The van der Waals surface area contributed by atoms with Crippen molar-refractivity contribution in [3.63, 3.8) is 0 Å². The van der Waals surface area contributed by atoms with E-state index in [4.69, 9.17) is 16.3 Å². The van der Waals surface area contributed by atoms with Crippen molar-refractivity contribution in [1.82, 2.24) is 4.98 Å². The van der Waals surface area contributed by atoms with Gasteiger partial charge >= 0.3 is 5.97 Å². The summed E-state index contributed by atoms with van der Waals surface area (Å²) in [6.45, 7) is 1.79. The van der Waals surface area contributed by atoms with Crippen molar-refractivity contribution in [3.8, 4) is 0 Å². The van der Waals surface area contributed by atoms with Gasteiger partial charge in [0, 0.05) is 24.8 Å². The van der Waals surface area contributed by atoms with E-state index in [0.29, 0.717) is 5.69 Å². The van der Waals surface area contributed by atoms with E-state index in [0.717, 1.165) is 17.7 Å². The number of halogens is 1. The van der Waals surface area contributed by atoms with E-state index >= 15 is 0 Å². The minimum Gasteiger partial charge on any atom is -0.455 e. The quantitative estimate of drug-likeness (QED) is 0.594. The molecular formula is C20H20ClN3O4. The Kier molecular flexibility index (Phi) is 6.26.